The van der Waals surface area contributed by atoms with Crippen LogP contribution >= 0.6 is 0 Å². The molecule has 6 nitrogen and oxygen atoms in total. The molecule has 1 aromatic rings. The van der Waals surface area contributed by atoms with E-state index >= 15 is 0 Å². The molecule has 0 amide bonds. The first-order valence-electron chi connectivity index (χ1n) is 8.90. The summed E-state index contributed by atoms with van der Waals surface area (Å²) in [6.07, 6.45) is 3.71. The van der Waals surface area contributed by atoms with E-state index in [2.05, 4.69) is 21.5 Å². The number of aromatic nitrogens is 1. The van der Waals surface area contributed by atoms with E-state index in [9.17, 15) is 8.42 Å². The lowest BCUT2D eigenvalue weighted by atomic mass is 10.0. The van der Waals surface area contributed by atoms with E-state index in [0.29, 0.717) is 19.0 Å². The van der Waals surface area contributed by atoms with Crippen molar-refractivity contribution in [2.45, 2.75) is 45.6 Å². The predicted molar refractivity (Wildman–Crippen MR) is 96.2 cm³/mol. The third-order valence-electron chi connectivity index (χ3n) is 4.97. The van der Waals surface area contributed by atoms with Gasteiger partial charge in [-0.25, -0.2) is 4.98 Å². The van der Waals surface area contributed by atoms with E-state index < -0.39 is 10.2 Å². The van der Waals surface area contributed by atoms with Gasteiger partial charge in [-0.15, -0.1) is 0 Å². The average molecular weight is 353 g/mol. The van der Waals surface area contributed by atoms with E-state index in [1.54, 1.807) is 4.31 Å². The van der Waals surface area contributed by atoms with Crippen molar-refractivity contribution in [3.05, 3.63) is 23.9 Å². The zero-order valence-corrected chi connectivity index (χ0v) is 15.4. The molecule has 2 aliphatic heterocycles. The summed E-state index contributed by atoms with van der Waals surface area (Å²) in [7, 11) is -3.36. The van der Waals surface area contributed by atoms with Crippen LogP contribution in [0.1, 0.15) is 38.3 Å². The highest BCUT2D eigenvalue weighted by atomic mass is 32.2. The lowest BCUT2D eigenvalue weighted by molar-refractivity contribution is 0.275. The van der Waals surface area contributed by atoms with Crippen LogP contribution in [0.2, 0.25) is 0 Å². The number of hydrogen-bond donors (Lipinski definition) is 1. The van der Waals surface area contributed by atoms with Gasteiger partial charge in [0.05, 0.1) is 0 Å². The first-order chi connectivity index (χ1) is 11.4. The number of piperidine rings is 2. The van der Waals surface area contributed by atoms with Gasteiger partial charge in [-0.1, -0.05) is 13.0 Å². The number of pyridine rings is 1. The monoisotopic (exact) mass is 352 g/mol. The van der Waals surface area contributed by atoms with Gasteiger partial charge in [0.2, 0.25) is 0 Å². The van der Waals surface area contributed by atoms with Crippen LogP contribution < -0.4 is 9.62 Å². The Morgan fingerprint density at radius 2 is 1.92 bits per heavy atom. The predicted octanol–water partition coefficient (Wildman–Crippen LogP) is 1.93. The van der Waals surface area contributed by atoms with Gasteiger partial charge in [0.25, 0.3) is 10.2 Å². The van der Waals surface area contributed by atoms with Crippen LogP contribution in [0.3, 0.4) is 0 Å². The topological polar surface area (TPSA) is 65.5 Å². The van der Waals surface area contributed by atoms with E-state index in [1.165, 1.54) is 0 Å². The maximum absolute atomic E-state index is 12.6. The minimum Gasteiger partial charge on any atom is -0.356 e. The second kappa shape index (κ2) is 7.37. The van der Waals surface area contributed by atoms with Crippen LogP contribution in [0, 0.1) is 12.8 Å². The van der Waals surface area contributed by atoms with Gasteiger partial charge in [0.15, 0.2) is 0 Å². The van der Waals surface area contributed by atoms with Crippen LogP contribution in [-0.4, -0.2) is 49.9 Å². The van der Waals surface area contributed by atoms with Crippen LogP contribution in [0.25, 0.3) is 0 Å². The van der Waals surface area contributed by atoms with Crippen molar-refractivity contribution in [1.29, 1.82) is 0 Å². The average Bonchev–Trinajstić information content (AvgIpc) is 2.55. The molecule has 2 saturated heterocycles. The fourth-order valence-corrected chi connectivity index (χ4v) is 5.21. The Morgan fingerprint density at radius 3 is 2.58 bits per heavy atom. The zero-order chi connectivity index (χ0) is 17.2. The van der Waals surface area contributed by atoms with Crippen molar-refractivity contribution < 1.29 is 8.42 Å². The van der Waals surface area contributed by atoms with Crippen molar-refractivity contribution in [2.24, 2.45) is 5.92 Å². The summed E-state index contributed by atoms with van der Waals surface area (Å²) in [6.45, 7) is 7.06. The summed E-state index contributed by atoms with van der Waals surface area (Å²) in [4.78, 5) is 6.79. The molecule has 0 radical (unpaired) electrons. The molecule has 0 spiro atoms. The van der Waals surface area contributed by atoms with Gasteiger partial charge >= 0.3 is 0 Å². The Morgan fingerprint density at radius 1 is 1.17 bits per heavy atom. The van der Waals surface area contributed by atoms with E-state index in [1.807, 2.05) is 25.1 Å². The van der Waals surface area contributed by atoms with Gasteiger partial charge in [0, 0.05) is 37.9 Å². The molecule has 7 heteroatoms. The molecule has 2 fully saturated rings. The fourth-order valence-electron chi connectivity index (χ4n) is 3.58. The summed E-state index contributed by atoms with van der Waals surface area (Å²) in [6, 6.07) is 6.05. The van der Waals surface area contributed by atoms with E-state index in [0.717, 1.165) is 50.3 Å². The molecule has 0 saturated carbocycles. The molecule has 0 aliphatic carbocycles. The summed E-state index contributed by atoms with van der Waals surface area (Å²) in [5.41, 5.74) is 1.01. The Balaban J connectivity index is 1.55. The van der Waals surface area contributed by atoms with Crippen molar-refractivity contribution in [3.8, 4) is 0 Å². The van der Waals surface area contributed by atoms with Gasteiger partial charge < -0.3 is 4.90 Å². The Bertz CT molecular complexity index is 656. The molecule has 0 bridgehead atoms. The second-order valence-electron chi connectivity index (χ2n) is 7.13. The summed E-state index contributed by atoms with van der Waals surface area (Å²) < 4.78 is 29.7. The standard InChI is InChI=1S/C17H28N4O2S/c1-14-5-4-10-21(13-14)24(22,23)19-16-8-11-20(12-9-16)17-7-3-6-15(2)18-17/h3,6-7,14,16,19H,4-5,8-13H2,1-2H3. The van der Waals surface area contributed by atoms with Crippen LogP contribution in [0.4, 0.5) is 5.82 Å². The number of anilines is 1. The highest BCUT2D eigenvalue weighted by molar-refractivity contribution is 7.87. The smallest absolute Gasteiger partial charge is 0.279 e. The second-order valence-corrected chi connectivity index (χ2v) is 8.83. The maximum atomic E-state index is 12.6. The van der Waals surface area contributed by atoms with Gasteiger partial charge in [-0.05, 0) is 50.7 Å². The fraction of sp³-hybridized carbons (Fsp3) is 0.706. The highest BCUT2D eigenvalue weighted by Crippen LogP contribution is 2.21. The molecule has 1 unspecified atom stereocenters. The Labute approximate surface area is 145 Å². The highest BCUT2D eigenvalue weighted by Gasteiger charge is 2.30. The van der Waals surface area contributed by atoms with Crippen LogP contribution in [-0.2, 0) is 10.2 Å². The molecule has 1 N–H and O–H groups in total. The largest absolute Gasteiger partial charge is 0.356 e. The SMILES string of the molecule is Cc1cccc(N2CCC(NS(=O)(=O)N3CCCC(C)C3)CC2)n1. The van der Waals surface area contributed by atoms with Crippen molar-refractivity contribution in [2.75, 3.05) is 31.1 Å². The van der Waals surface area contributed by atoms with Gasteiger partial charge in [-0.3, -0.25) is 0 Å². The quantitative estimate of drug-likeness (QED) is 0.899. The van der Waals surface area contributed by atoms with Crippen molar-refractivity contribution in [3.63, 3.8) is 0 Å². The molecule has 3 heterocycles. The summed E-state index contributed by atoms with van der Waals surface area (Å²) in [5, 5.41) is 0. The minimum atomic E-state index is -3.36. The van der Waals surface area contributed by atoms with E-state index in [4.69, 9.17) is 0 Å². The van der Waals surface area contributed by atoms with Crippen LogP contribution in [0.15, 0.2) is 18.2 Å². The molecule has 24 heavy (non-hydrogen) atoms. The number of hydrogen-bond acceptors (Lipinski definition) is 4. The lowest BCUT2D eigenvalue weighted by Gasteiger charge is -2.35. The van der Waals surface area contributed by atoms with Gasteiger partial charge in [0.1, 0.15) is 5.82 Å². The molecule has 0 aromatic carbocycles. The number of aryl methyl sites for hydroxylation is 1. The Hall–Kier alpha value is -1.18. The molecule has 1 atom stereocenters. The normalized spacial score (nSPS) is 24.2. The first kappa shape index (κ1) is 17.6. The number of nitrogens with zero attached hydrogens (tertiary/aromatic N) is 3. The lowest BCUT2D eigenvalue weighted by Crippen LogP contribution is -2.51. The van der Waals surface area contributed by atoms with Crippen LogP contribution in [0.5, 0.6) is 0 Å². The summed E-state index contributed by atoms with van der Waals surface area (Å²) in [5.74, 6) is 1.44. The molecular formula is C17H28N4O2S. The first-order valence-corrected chi connectivity index (χ1v) is 10.3. The van der Waals surface area contributed by atoms with Crippen molar-refractivity contribution >= 4 is 16.0 Å². The molecule has 3 rings (SSSR count). The third kappa shape index (κ3) is 4.26. The third-order valence-corrected chi connectivity index (χ3v) is 6.61. The zero-order valence-electron chi connectivity index (χ0n) is 14.6. The summed E-state index contributed by atoms with van der Waals surface area (Å²) >= 11 is 0. The van der Waals surface area contributed by atoms with E-state index in [-0.39, 0.29) is 6.04 Å². The van der Waals surface area contributed by atoms with Crippen molar-refractivity contribution in [1.82, 2.24) is 14.0 Å². The molecule has 2 aliphatic rings. The number of rotatable bonds is 4. The number of nitrogens with one attached hydrogen (secondary N) is 1. The minimum absolute atomic E-state index is 0.0216. The maximum Gasteiger partial charge on any atom is 0.279 e. The van der Waals surface area contributed by atoms with Gasteiger partial charge in [-0.2, -0.15) is 17.4 Å². The Kier molecular flexibility index (Phi) is 5.42. The molecular weight excluding hydrogens is 324 g/mol. The molecule has 1 aromatic heterocycles. The molecule has 134 valence electrons.